The smallest absolute Gasteiger partial charge is 0.289 e. The molecule has 0 aliphatic rings. The topological polar surface area (TPSA) is 101 Å². The lowest BCUT2D eigenvalue weighted by Crippen LogP contribution is -2.30. The molecule has 0 spiro atoms. The highest BCUT2D eigenvalue weighted by Gasteiger charge is 2.31. The van der Waals surface area contributed by atoms with Crippen molar-refractivity contribution in [2.45, 2.75) is 31.3 Å². The molecule has 1 unspecified atom stereocenters. The maximum atomic E-state index is 12.4. The highest BCUT2D eigenvalue weighted by atomic mass is 32.2. The van der Waals surface area contributed by atoms with Crippen LogP contribution in [0.5, 0.6) is 0 Å². The summed E-state index contributed by atoms with van der Waals surface area (Å²) in [6.45, 7) is 3.16. The van der Waals surface area contributed by atoms with E-state index in [9.17, 15) is 23.6 Å². The fourth-order valence-electron chi connectivity index (χ4n) is 1.76. The molecule has 0 heterocycles. The fraction of sp³-hybridized carbons (Fsp3) is 0.500. The summed E-state index contributed by atoms with van der Waals surface area (Å²) < 4.78 is 25.9. The van der Waals surface area contributed by atoms with Crippen LogP contribution in [0.15, 0.2) is 23.1 Å². The molecule has 7 nitrogen and oxygen atoms in total. The minimum atomic E-state index is -3.96. The average molecular weight is 302 g/mol. The van der Waals surface area contributed by atoms with Crippen LogP contribution >= 0.6 is 0 Å². The fourth-order valence-corrected chi connectivity index (χ4v) is 3.30. The van der Waals surface area contributed by atoms with E-state index in [4.69, 9.17) is 0 Å². The highest BCUT2D eigenvalue weighted by Crippen LogP contribution is 2.29. The van der Waals surface area contributed by atoms with Gasteiger partial charge in [-0.15, -0.1) is 0 Å². The predicted octanol–water partition coefficient (Wildman–Crippen LogP) is 1.29. The van der Waals surface area contributed by atoms with Gasteiger partial charge in [0, 0.05) is 19.7 Å². The molecule has 0 saturated heterocycles. The predicted molar refractivity (Wildman–Crippen MR) is 73.9 cm³/mol. The second-order valence-corrected chi connectivity index (χ2v) is 6.63. The molecule has 1 N–H and O–H groups in total. The third kappa shape index (κ3) is 3.53. The number of aliphatic hydroxyl groups is 1. The third-order valence-corrected chi connectivity index (χ3v) is 4.97. The molecule has 0 saturated carbocycles. The molecule has 0 aliphatic carbocycles. The van der Waals surface area contributed by atoms with Gasteiger partial charge in [0.2, 0.25) is 10.0 Å². The first kappa shape index (κ1) is 16.5. The van der Waals surface area contributed by atoms with Crippen LogP contribution < -0.4 is 0 Å². The van der Waals surface area contributed by atoms with E-state index in [0.717, 1.165) is 4.31 Å². The van der Waals surface area contributed by atoms with Gasteiger partial charge in [-0.1, -0.05) is 12.1 Å². The Morgan fingerprint density at radius 2 is 2.05 bits per heavy atom. The molecular formula is C12H18N2O5S. The van der Waals surface area contributed by atoms with Crippen molar-refractivity contribution < 1.29 is 18.4 Å². The molecule has 0 fully saturated rings. The Balaban J connectivity index is 3.25. The Bertz CT molecular complexity index is 598. The lowest BCUT2D eigenvalue weighted by molar-refractivity contribution is -0.387. The number of hydrogen-bond acceptors (Lipinski definition) is 5. The van der Waals surface area contributed by atoms with Crippen LogP contribution in [0.3, 0.4) is 0 Å². The van der Waals surface area contributed by atoms with E-state index in [1.807, 2.05) is 0 Å². The van der Waals surface area contributed by atoms with E-state index >= 15 is 0 Å². The van der Waals surface area contributed by atoms with Gasteiger partial charge in [-0.25, -0.2) is 12.7 Å². The first-order chi connectivity index (χ1) is 9.17. The van der Waals surface area contributed by atoms with E-state index in [1.54, 1.807) is 6.92 Å². The molecule has 20 heavy (non-hydrogen) atoms. The Labute approximate surface area is 118 Å². The zero-order valence-corrected chi connectivity index (χ0v) is 12.4. The molecular weight excluding hydrogens is 284 g/mol. The summed E-state index contributed by atoms with van der Waals surface area (Å²) in [5.41, 5.74) is -0.114. The van der Waals surface area contributed by atoms with Gasteiger partial charge in [0.05, 0.1) is 11.0 Å². The summed E-state index contributed by atoms with van der Waals surface area (Å²) in [6.07, 6.45) is -0.380. The van der Waals surface area contributed by atoms with Crippen LogP contribution in [0.1, 0.15) is 18.9 Å². The molecule has 0 aromatic heterocycles. The largest absolute Gasteiger partial charge is 0.393 e. The van der Waals surface area contributed by atoms with Crippen LogP contribution in [0.2, 0.25) is 0 Å². The standard InChI is InChI=1S/C12H18N2O5S/c1-9-5-4-6-11(14(16)17)12(9)20(18,19)13(3)8-7-10(2)15/h4-6,10,15H,7-8H2,1-3H3. The Morgan fingerprint density at radius 3 is 2.55 bits per heavy atom. The number of sulfonamides is 1. The summed E-state index contributed by atoms with van der Waals surface area (Å²) in [7, 11) is -2.62. The first-order valence-corrected chi connectivity index (χ1v) is 7.50. The van der Waals surface area contributed by atoms with Gasteiger partial charge in [-0.3, -0.25) is 10.1 Å². The molecule has 112 valence electrons. The number of nitrogens with zero attached hydrogens (tertiary/aromatic N) is 2. The minimum absolute atomic E-state index is 0.0888. The van der Waals surface area contributed by atoms with E-state index in [1.165, 1.54) is 32.2 Å². The van der Waals surface area contributed by atoms with Gasteiger partial charge in [0.15, 0.2) is 4.90 Å². The van der Waals surface area contributed by atoms with Crippen molar-refractivity contribution in [2.24, 2.45) is 0 Å². The van der Waals surface area contributed by atoms with Gasteiger partial charge in [0.25, 0.3) is 5.69 Å². The van der Waals surface area contributed by atoms with Gasteiger partial charge in [0.1, 0.15) is 0 Å². The van der Waals surface area contributed by atoms with Gasteiger partial charge >= 0.3 is 0 Å². The van der Waals surface area contributed by atoms with Gasteiger partial charge < -0.3 is 5.11 Å². The third-order valence-electron chi connectivity index (χ3n) is 2.92. The number of nitro benzene ring substituents is 1. The quantitative estimate of drug-likeness (QED) is 0.630. The minimum Gasteiger partial charge on any atom is -0.393 e. The number of aryl methyl sites for hydroxylation is 1. The molecule has 1 aromatic rings. The van der Waals surface area contributed by atoms with E-state index in [-0.39, 0.29) is 17.9 Å². The summed E-state index contributed by atoms with van der Waals surface area (Å²) in [6, 6.07) is 4.13. The van der Waals surface area contributed by atoms with Crippen molar-refractivity contribution >= 4 is 15.7 Å². The number of rotatable bonds is 6. The van der Waals surface area contributed by atoms with Crippen LogP contribution in [0.25, 0.3) is 0 Å². The van der Waals surface area contributed by atoms with Crippen molar-refractivity contribution in [3.63, 3.8) is 0 Å². The SMILES string of the molecule is Cc1cccc([N+](=O)[O-])c1S(=O)(=O)N(C)CCC(C)O. The molecule has 0 aliphatic heterocycles. The Morgan fingerprint density at radius 1 is 1.45 bits per heavy atom. The number of hydrogen-bond donors (Lipinski definition) is 1. The highest BCUT2D eigenvalue weighted by molar-refractivity contribution is 7.89. The second kappa shape index (κ2) is 6.29. The number of aliphatic hydroxyl groups excluding tert-OH is 1. The molecule has 1 rings (SSSR count). The van der Waals surface area contributed by atoms with Crippen molar-refractivity contribution in [1.29, 1.82) is 0 Å². The lowest BCUT2D eigenvalue weighted by Gasteiger charge is -2.19. The molecule has 0 radical (unpaired) electrons. The van der Waals surface area contributed by atoms with Crippen molar-refractivity contribution in [3.8, 4) is 0 Å². The molecule has 1 atom stereocenters. The Hall–Kier alpha value is -1.51. The summed E-state index contributed by atoms with van der Waals surface area (Å²) in [5, 5.41) is 20.2. The number of nitro groups is 1. The maximum Gasteiger partial charge on any atom is 0.289 e. The normalized spacial score (nSPS) is 13.4. The van der Waals surface area contributed by atoms with Crippen molar-refractivity contribution in [3.05, 3.63) is 33.9 Å². The van der Waals surface area contributed by atoms with E-state index in [2.05, 4.69) is 0 Å². The van der Waals surface area contributed by atoms with E-state index in [0.29, 0.717) is 5.56 Å². The second-order valence-electron chi connectivity index (χ2n) is 4.64. The van der Waals surface area contributed by atoms with Gasteiger partial charge in [-0.2, -0.15) is 0 Å². The molecule has 0 amide bonds. The van der Waals surface area contributed by atoms with Crippen LogP contribution in [0, 0.1) is 17.0 Å². The number of benzene rings is 1. The van der Waals surface area contributed by atoms with E-state index < -0.39 is 26.7 Å². The summed E-state index contributed by atoms with van der Waals surface area (Å²) in [5.74, 6) is 0. The van der Waals surface area contributed by atoms with Gasteiger partial charge in [-0.05, 0) is 25.8 Å². The molecule has 8 heteroatoms. The van der Waals surface area contributed by atoms with Crippen molar-refractivity contribution in [2.75, 3.05) is 13.6 Å². The maximum absolute atomic E-state index is 12.4. The monoisotopic (exact) mass is 302 g/mol. The molecule has 1 aromatic carbocycles. The Kier molecular flexibility index (Phi) is 5.21. The first-order valence-electron chi connectivity index (χ1n) is 6.06. The summed E-state index contributed by atoms with van der Waals surface area (Å²) >= 11 is 0. The zero-order chi connectivity index (χ0) is 15.5. The summed E-state index contributed by atoms with van der Waals surface area (Å²) in [4.78, 5) is 9.99. The van der Waals surface area contributed by atoms with Crippen molar-refractivity contribution in [1.82, 2.24) is 4.31 Å². The average Bonchev–Trinajstić information content (AvgIpc) is 2.34. The van der Waals surface area contributed by atoms with Crippen LogP contribution in [-0.2, 0) is 10.0 Å². The zero-order valence-electron chi connectivity index (χ0n) is 11.6. The van der Waals surface area contributed by atoms with Crippen LogP contribution in [-0.4, -0.2) is 42.4 Å². The molecule has 0 bridgehead atoms. The van der Waals surface area contributed by atoms with Crippen LogP contribution in [0.4, 0.5) is 5.69 Å². The lowest BCUT2D eigenvalue weighted by atomic mass is 10.2.